The van der Waals surface area contributed by atoms with Crippen LogP contribution in [0.4, 0.5) is 0 Å². The van der Waals surface area contributed by atoms with E-state index in [0.29, 0.717) is 33.6 Å². The number of aryl methyl sites for hydroxylation is 3. The van der Waals surface area contributed by atoms with Gasteiger partial charge in [0.15, 0.2) is 0 Å². The van der Waals surface area contributed by atoms with Crippen molar-refractivity contribution in [3.05, 3.63) is 47.9 Å². The number of rotatable bonds is 7. The summed E-state index contributed by atoms with van der Waals surface area (Å²) in [4.78, 5) is 42.9. The van der Waals surface area contributed by atoms with Gasteiger partial charge in [-0.05, 0) is 19.4 Å². The number of carbonyl (C=O) groups excluding carboxylic acids is 1. The van der Waals surface area contributed by atoms with Gasteiger partial charge in [0, 0.05) is 24.5 Å². The summed E-state index contributed by atoms with van der Waals surface area (Å²) in [7, 11) is 0. The number of hydrogen-bond acceptors (Lipinski definition) is 8. The molecule has 3 aromatic heterocycles. The van der Waals surface area contributed by atoms with Crippen molar-refractivity contribution in [1.82, 2.24) is 14.1 Å². The lowest BCUT2D eigenvalue weighted by Gasteiger charge is -2.10. The van der Waals surface area contributed by atoms with Crippen LogP contribution in [-0.4, -0.2) is 38.4 Å². The topological polar surface area (TPSA) is 103 Å². The number of fused-ring (bicyclic) bond motifs is 1. The Morgan fingerprint density at radius 3 is 2.70 bits per heavy atom. The van der Waals surface area contributed by atoms with E-state index in [4.69, 9.17) is 4.74 Å². The molecule has 27 heavy (non-hydrogen) atoms. The van der Waals surface area contributed by atoms with Crippen LogP contribution in [0.15, 0.2) is 21.2 Å². The first-order valence-corrected chi connectivity index (χ1v) is 10.1. The van der Waals surface area contributed by atoms with E-state index >= 15 is 0 Å². The molecule has 0 aliphatic heterocycles. The van der Waals surface area contributed by atoms with Crippen molar-refractivity contribution in [1.29, 1.82) is 0 Å². The molecule has 3 aromatic rings. The predicted octanol–water partition coefficient (Wildman–Crippen LogP) is 1.40. The molecule has 0 saturated heterocycles. The van der Waals surface area contributed by atoms with Gasteiger partial charge in [0.1, 0.15) is 9.71 Å². The summed E-state index contributed by atoms with van der Waals surface area (Å²) < 4.78 is 7.56. The summed E-state index contributed by atoms with van der Waals surface area (Å²) in [5, 5.41) is 12.3. The average Bonchev–Trinajstić information content (AvgIpc) is 3.27. The summed E-state index contributed by atoms with van der Waals surface area (Å²) >= 11 is 2.57. The number of aliphatic hydroxyl groups is 1. The van der Waals surface area contributed by atoms with E-state index in [1.165, 1.54) is 15.9 Å². The van der Waals surface area contributed by atoms with Crippen molar-refractivity contribution in [3.8, 4) is 0 Å². The van der Waals surface area contributed by atoms with E-state index in [0.717, 1.165) is 20.9 Å². The number of thiophene rings is 1. The van der Waals surface area contributed by atoms with Gasteiger partial charge in [-0.2, -0.15) is 0 Å². The molecule has 1 N–H and O–H groups in total. The Morgan fingerprint density at radius 2 is 2.07 bits per heavy atom. The number of nitrogens with zero attached hydrogens (tertiary/aromatic N) is 3. The number of ether oxygens (including phenoxy) is 1. The second-order valence-electron chi connectivity index (χ2n) is 5.75. The molecule has 0 bridgehead atoms. The SMILES string of the molecule is CCOC(=O)c1sc2c(c1C)c(=O)n(CCO)c(=O)n2CCc1nccs1. The van der Waals surface area contributed by atoms with Crippen LogP contribution in [0.5, 0.6) is 0 Å². The molecule has 0 fully saturated rings. The summed E-state index contributed by atoms with van der Waals surface area (Å²) in [5.74, 6) is -0.511. The third-order valence-corrected chi connectivity index (χ3v) is 6.25. The molecule has 0 amide bonds. The zero-order chi connectivity index (χ0) is 19.6. The smallest absolute Gasteiger partial charge is 0.348 e. The van der Waals surface area contributed by atoms with Crippen LogP contribution in [0, 0.1) is 6.92 Å². The number of aromatic nitrogens is 3. The predicted molar refractivity (Wildman–Crippen MR) is 104 cm³/mol. The fourth-order valence-corrected chi connectivity index (χ4v) is 4.69. The maximum Gasteiger partial charge on any atom is 0.348 e. The van der Waals surface area contributed by atoms with Crippen molar-refractivity contribution in [3.63, 3.8) is 0 Å². The van der Waals surface area contributed by atoms with Crippen molar-refractivity contribution in [2.24, 2.45) is 0 Å². The first-order valence-electron chi connectivity index (χ1n) is 8.42. The molecule has 0 unspecified atom stereocenters. The van der Waals surface area contributed by atoms with Gasteiger partial charge in [-0.25, -0.2) is 14.6 Å². The summed E-state index contributed by atoms with van der Waals surface area (Å²) in [6.07, 6.45) is 2.22. The molecular weight excluding hydrogens is 390 g/mol. The monoisotopic (exact) mass is 409 g/mol. The lowest BCUT2D eigenvalue weighted by atomic mass is 10.2. The van der Waals surface area contributed by atoms with Gasteiger partial charge >= 0.3 is 11.7 Å². The van der Waals surface area contributed by atoms with Gasteiger partial charge in [-0.15, -0.1) is 22.7 Å². The van der Waals surface area contributed by atoms with Crippen LogP contribution in [0.2, 0.25) is 0 Å². The number of aliphatic hydroxyl groups excluding tert-OH is 1. The zero-order valence-corrected chi connectivity index (χ0v) is 16.6. The first kappa shape index (κ1) is 19.5. The molecule has 0 atom stereocenters. The maximum atomic E-state index is 12.9. The molecule has 0 radical (unpaired) electrons. The number of hydrogen-bond donors (Lipinski definition) is 1. The van der Waals surface area contributed by atoms with Crippen molar-refractivity contribution < 1.29 is 14.6 Å². The molecule has 0 saturated carbocycles. The van der Waals surface area contributed by atoms with Crippen molar-refractivity contribution in [2.75, 3.05) is 13.2 Å². The van der Waals surface area contributed by atoms with Gasteiger partial charge in [-0.1, -0.05) is 0 Å². The highest BCUT2D eigenvalue weighted by Gasteiger charge is 2.23. The Morgan fingerprint density at radius 1 is 1.30 bits per heavy atom. The van der Waals surface area contributed by atoms with Crippen LogP contribution >= 0.6 is 22.7 Å². The highest BCUT2D eigenvalue weighted by Crippen LogP contribution is 2.28. The van der Waals surface area contributed by atoms with E-state index in [1.54, 1.807) is 20.0 Å². The quantitative estimate of drug-likeness (QED) is 0.592. The second-order valence-corrected chi connectivity index (χ2v) is 7.73. The number of esters is 1. The van der Waals surface area contributed by atoms with Crippen molar-refractivity contribution >= 4 is 38.9 Å². The molecule has 0 aliphatic carbocycles. The Hall–Kier alpha value is -2.30. The summed E-state index contributed by atoms with van der Waals surface area (Å²) in [5.41, 5.74) is -0.512. The Bertz CT molecular complexity index is 1080. The molecule has 0 aliphatic rings. The first-order chi connectivity index (χ1) is 13.0. The fraction of sp³-hybridized carbons (Fsp3) is 0.412. The fourth-order valence-electron chi connectivity index (χ4n) is 2.86. The van der Waals surface area contributed by atoms with Gasteiger partial charge < -0.3 is 9.84 Å². The molecule has 0 aromatic carbocycles. The minimum Gasteiger partial charge on any atom is -0.462 e. The molecule has 0 spiro atoms. The maximum absolute atomic E-state index is 12.9. The van der Waals surface area contributed by atoms with Crippen LogP contribution in [-0.2, 0) is 24.2 Å². The highest BCUT2D eigenvalue weighted by molar-refractivity contribution is 7.20. The Labute approximate surface area is 162 Å². The van der Waals surface area contributed by atoms with E-state index in [-0.39, 0.29) is 19.8 Å². The summed E-state index contributed by atoms with van der Waals surface area (Å²) in [6.45, 7) is 3.48. The highest BCUT2D eigenvalue weighted by atomic mass is 32.1. The number of thiazole rings is 1. The van der Waals surface area contributed by atoms with Crippen LogP contribution < -0.4 is 11.2 Å². The third-order valence-electron chi connectivity index (χ3n) is 4.11. The lowest BCUT2D eigenvalue weighted by molar-refractivity contribution is 0.0531. The van der Waals surface area contributed by atoms with E-state index < -0.39 is 17.2 Å². The van der Waals surface area contributed by atoms with E-state index in [1.807, 2.05) is 5.38 Å². The Kier molecular flexibility index (Phi) is 5.88. The van der Waals surface area contributed by atoms with E-state index in [9.17, 15) is 19.5 Å². The second kappa shape index (κ2) is 8.15. The minimum absolute atomic E-state index is 0.102. The molecular formula is C17H19N3O5S2. The van der Waals surface area contributed by atoms with Crippen molar-refractivity contribution in [2.45, 2.75) is 33.4 Å². The summed E-state index contributed by atoms with van der Waals surface area (Å²) in [6, 6.07) is 0. The third kappa shape index (κ3) is 3.60. The zero-order valence-electron chi connectivity index (χ0n) is 14.9. The Balaban J connectivity index is 2.21. The normalized spacial score (nSPS) is 11.2. The van der Waals surface area contributed by atoms with Gasteiger partial charge in [0.2, 0.25) is 0 Å². The molecule has 3 rings (SSSR count). The molecule has 3 heterocycles. The molecule has 8 nitrogen and oxygen atoms in total. The van der Waals surface area contributed by atoms with Gasteiger partial charge in [0.05, 0.1) is 30.2 Å². The van der Waals surface area contributed by atoms with E-state index in [2.05, 4.69) is 4.98 Å². The molecule has 10 heteroatoms. The molecule has 144 valence electrons. The van der Waals surface area contributed by atoms with Crippen LogP contribution in [0.25, 0.3) is 10.2 Å². The van der Waals surface area contributed by atoms with Gasteiger partial charge in [-0.3, -0.25) is 13.9 Å². The van der Waals surface area contributed by atoms with Gasteiger partial charge in [0.25, 0.3) is 5.56 Å². The van der Waals surface area contributed by atoms with Crippen LogP contribution in [0.1, 0.15) is 27.2 Å². The number of carbonyl (C=O) groups is 1. The standard InChI is InChI=1S/C17H19N3O5S2/c1-3-25-16(23)13-10(2)12-14(22)19(7-8-21)17(24)20(15(12)27-13)6-4-11-18-5-9-26-11/h5,9,21H,3-4,6-8H2,1-2H3. The lowest BCUT2D eigenvalue weighted by Crippen LogP contribution is -2.40. The van der Waals surface area contributed by atoms with Crippen LogP contribution in [0.3, 0.4) is 0 Å². The average molecular weight is 409 g/mol. The largest absolute Gasteiger partial charge is 0.462 e. The minimum atomic E-state index is -0.511.